The Kier molecular flexibility index (Phi) is 4.40. The van der Waals surface area contributed by atoms with Crippen molar-refractivity contribution in [3.05, 3.63) is 54.1 Å². The number of carbonyl (C=O) groups is 2. The first-order chi connectivity index (χ1) is 10.1. The molecule has 108 valence electrons. The van der Waals surface area contributed by atoms with Gasteiger partial charge < -0.3 is 20.5 Å². The van der Waals surface area contributed by atoms with Gasteiger partial charge in [0.2, 0.25) is 0 Å². The Morgan fingerprint density at radius 2 is 1.62 bits per heavy atom. The van der Waals surface area contributed by atoms with E-state index in [9.17, 15) is 9.59 Å². The van der Waals surface area contributed by atoms with Gasteiger partial charge in [0.25, 0.3) is 0 Å². The van der Waals surface area contributed by atoms with Crippen molar-refractivity contribution < 1.29 is 19.1 Å². The van der Waals surface area contributed by atoms with Crippen molar-refractivity contribution in [3.63, 3.8) is 0 Å². The predicted octanol–water partition coefficient (Wildman–Crippen LogP) is 2.41. The largest absolute Gasteiger partial charge is 0.497 e. The van der Waals surface area contributed by atoms with Gasteiger partial charge in [-0.2, -0.15) is 0 Å². The summed E-state index contributed by atoms with van der Waals surface area (Å²) in [4.78, 5) is 23.0. The van der Waals surface area contributed by atoms with Crippen LogP contribution in [-0.4, -0.2) is 19.1 Å². The summed E-state index contributed by atoms with van der Waals surface area (Å²) in [7, 11) is 1.55. The van der Waals surface area contributed by atoms with E-state index in [0.29, 0.717) is 17.2 Å². The number of hydrogen-bond donors (Lipinski definition) is 2. The molecule has 0 bridgehead atoms. The maximum absolute atomic E-state index is 12.1. The minimum absolute atomic E-state index is 0.215. The Balaban J connectivity index is 2.17. The molecule has 0 aromatic heterocycles. The highest BCUT2D eigenvalue weighted by atomic mass is 16.5. The van der Waals surface area contributed by atoms with Gasteiger partial charge >= 0.3 is 12.0 Å². The lowest BCUT2D eigenvalue weighted by Crippen LogP contribution is -2.21. The summed E-state index contributed by atoms with van der Waals surface area (Å²) in [5.74, 6) is 0.435. The van der Waals surface area contributed by atoms with Crippen LogP contribution in [0.5, 0.6) is 11.5 Å². The molecule has 0 fully saturated rings. The van der Waals surface area contributed by atoms with Crippen LogP contribution < -0.4 is 20.5 Å². The molecule has 0 unspecified atom stereocenters. The molecule has 21 heavy (non-hydrogen) atoms. The summed E-state index contributed by atoms with van der Waals surface area (Å²) in [5, 5.41) is 2.38. The van der Waals surface area contributed by atoms with Gasteiger partial charge in [0.15, 0.2) is 0 Å². The Bertz CT molecular complexity index is 653. The number of primary amides is 1. The van der Waals surface area contributed by atoms with E-state index in [0.717, 1.165) is 0 Å². The number of amides is 2. The number of urea groups is 1. The van der Waals surface area contributed by atoms with Crippen LogP contribution in [0, 0.1) is 0 Å². The van der Waals surface area contributed by atoms with Gasteiger partial charge in [0.05, 0.1) is 18.4 Å². The molecule has 0 atom stereocenters. The van der Waals surface area contributed by atoms with E-state index >= 15 is 0 Å². The molecule has 0 heterocycles. The quantitative estimate of drug-likeness (QED) is 0.667. The predicted molar refractivity (Wildman–Crippen MR) is 77.6 cm³/mol. The molecule has 2 rings (SSSR count). The van der Waals surface area contributed by atoms with Crippen LogP contribution in [0.25, 0.3) is 0 Å². The second-order valence-corrected chi connectivity index (χ2v) is 4.10. The van der Waals surface area contributed by atoms with E-state index in [1.807, 2.05) is 0 Å². The number of carbonyl (C=O) groups excluding carboxylic acids is 2. The second-order valence-electron chi connectivity index (χ2n) is 4.10. The summed E-state index contributed by atoms with van der Waals surface area (Å²) in [6.07, 6.45) is 0. The standard InChI is InChI=1S/C15H14N2O4/c1-20-10-6-8-11(9-7-10)21-14(18)12-4-2-3-5-13(12)17-15(16)19/h2-9H,1H3,(H3,16,17,19). The minimum Gasteiger partial charge on any atom is -0.497 e. The average molecular weight is 286 g/mol. The Labute approximate surface area is 121 Å². The molecule has 0 saturated carbocycles. The summed E-state index contributed by atoms with van der Waals surface area (Å²) in [6, 6.07) is 12.3. The van der Waals surface area contributed by atoms with Crippen molar-refractivity contribution in [2.45, 2.75) is 0 Å². The maximum Gasteiger partial charge on any atom is 0.345 e. The van der Waals surface area contributed by atoms with Crippen LogP contribution in [0.1, 0.15) is 10.4 Å². The molecular formula is C15H14N2O4. The molecule has 0 radical (unpaired) electrons. The van der Waals surface area contributed by atoms with Gasteiger partial charge in [-0.1, -0.05) is 12.1 Å². The van der Waals surface area contributed by atoms with Crippen LogP contribution in [0.15, 0.2) is 48.5 Å². The lowest BCUT2D eigenvalue weighted by molar-refractivity contribution is 0.0735. The van der Waals surface area contributed by atoms with E-state index in [4.69, 9.17) is 15.2 Å². The second kappa shape index (κ2) is 6.42. The number of nitrogens with two attached hydrogens (primary N) is 1. The van der Waals surface area contributed by atoms with Crippen molar-refractivity contribution in [1.29, 1.82) is 0 Å². The van der Waals surface area contributed by atoms with Crippen LogP contribution >= 0.6 is 0 Å². The highest BCUT2D eigenvalue weighted by molar-refractivity contribution is 6.01. The highest BCUT2D eigenvalue weighted by Gasteiger charge is 2.14. The van der Waals surface area contributed by atoms with Crippen LogP contribution in [0.4, 0.5) is 10.5 Å². The third-order valence-corrected chi connectivity index (χ3v) is 2.67. The first kappa shape index (κ1) is 14.4. The van der Waals surface area contributed by atoms with E-state index in [1.165, 1.54) is 6.07 Å². The first-order valence-corrected chi connectivity index (χ1v) is 6.12. The SMILES string of the molecule is COc1ccc(OC(=O)c2ccccc2NC(N)=O)cc1. The third-order valence-electron chi connectivity index (χ3n) is 2.67. The van der Waals surface area contributed by atoms with Gasteiger partial charge in [-0.05, 0) is 36.4 Å². The zero-order valence-electron chi connectivity index (χ0n) is 11.3. The summed E-state index contributed by atoms with van der Waals surface area (Å²) in [6.45, 7) is 0. The number of rotatable bonds is 4. The topological polar surface area (TPSA) is 90.7 Å². The molecule has 2 amide bonds. The fraction of sp³-hybridized carbons (Fsp3) is 0.0667. The molecule has 0 spiro atoms. The summed E-state index contributed by atoms with van der Waals surface area (Å²) >= 11 is 0. The number of nitrogens with one attached hydrogen (secondary N) is 1. The molecule has 0 saturated heterocycles. The minimum atomic E-state index is -0.750. The zero-order chi connectivity index (χ0) is 15.2. The van der Waals surface area contributed by atoms with Crippen LogP contribution in [-0.2, 0) is 0 Å². The van der Waals surface area contributed by atoms with Gasteiger partial charge in [-0.3, -0.25) is 0 Å². The Morgan fingerprint density at radius 1 is 1.00 bits per heavy atom. The zero-order valence-corrected chi connectivity index (χ0v) is 11.3. The van der Waals surface area contributed by atoms with E-state index in [1.54, 1.807) is 49.6 Å². The van der Waals surface area contributed by atoms with Gasteiger partial charge in [-0.25, -0.2) is 9.59 Å². The molecule has 2 aromatic rings. The summed E-state index contributed by atoms with van der Waals surface area (Å²) < 4.78 is 10.3. The lowest BCUT2D eigenvalue weighted by Gasteiger charge is -2.09. The molecule has 0 aliphatic rings. The average Bonchev–Trinajstić information content (AvgIpc) is 2.48. The van der Waals surface area contributed by atoms with Gasteiger partial charge in [0, 0.05) is 0 Å². The van der Waals surface area contributed by atoms with Crippen molar-refractivity contribution >= 4 is 17.7 Å². The monoisotopic (exact) mass is 286 g/mol. The number of anilines is 1. The summed E-state index contributed by atoms with van der Waals surface area (Å²) in [5.41, 5.74) is 5.57. The smallest absolute Gasteiger partial charge is 0.345 e. The van der Waals surface area contributed by atoms with E-state index in [-0.39, 0.29) is 5.56 Å². The normalized spacial score (nSPS) is 9.76. The van der Waals surface area contributed by atoms with Crippen molar-refractivity contribution in [1.82, 2.24) is 0 Å². The fourth-order valence-corrected chi connectivity index (χ4v) is 1.71. The lowest BCUT2D eigenvalue weighted by atomic mass is 10.2. The number of para-hydroxylation sites is 1. The van der Waals surface area contributed by atoms with Gasteiger partial charge in [0.1, 0.15) is 11.5 Å². The molecule has 2 aromatic carbocycles. The molecule has 6 heteroatoms. The Morgan fingerprint density at radius 3 is 2.24 bits per heavy atom. The van der Waals surface area contributed by atoms with Crippen molar-refractivity contribution in [3.8, 4) is 11.5 Å². The van der Waals surface area contributed by atoms with Gasteiger partial charge in [-0.15, -0.1) is 0 Å². The third kappa shape index (κ3) is 3.73. The van der Waals surface area contributed by atoms with Crippen molar-refractivity contribution in [2.24, 2.45) is 5.73 Å². The molecule has 3 N–H and O–H groups in total. The Hall–Kier alpha value is -3.02. The number of esters is 1. The van der Waals surface area contributed by atoms with Crippen molar-refractivity contribution in [2.75, 3.05) is 12.4 Å². The first-order valence-electron chi connectivity index (χ1n) is 6.12. The van der Waals surface area contributed by atoms with E-state index in [2.05, 4.69) is 5.32 Å². The van der Waals surface area contributed by atoms with Crippen LogP contribution in [0.3, 0.4) is 0 Å². The maximum atomic E-state index is 12.1. The van der Waals surface area contributed by atoms with Crippen LogP contribution in [0.2, 0.25) is 0 Å². The number of benzene rings is 2. The molecule has 6 nitrogen and oxygen atoms in total. The fourth-order valence-electron chi connectivity index (χ4n) is 1.71. The van der Waals surface area contributed by atoms with E-state index < -0.39 is 12.0 Å². The highest BCUT2D eigenvalue weighted by Crippen LogP contribution is 2.21. The number of hydrogen-bond acceptors (Lipinski definition) is 4. The molecular weight excluding hydrogens is 272 g/mol. The molecule has 0 aliphatic carbocycles. The molecule has 0 aliphatic heterocycles. The number of ether oxygens (including phenoxy) is 2. The number of methoxy groups -OCH3 is 1.